The van der Waals surface area contributed by atoms with E-state index in [9.17, 15) is 16.8 Å². The highest BCUT2D eigenvalue weighted by molar-refractivity contribution is 7.96. The number of amidine groups is 1. The number of aliphatic imine (C=N–C) groups is 1. The third-order valence-electron chi connectivity index (χ3n) is 5.04. The molecule has 1 aromatic rings. The average Bonchev–Trinajstić information content (AvgIpc) is 3.10. The Morgan fingerprint density at radius 2 is 1.80 bits per heavy atom. The van der Waals surface area contributed by atoms with Crippen LogP contribution in [0.1, 0.15) is 32.3 Å². The Kier molecular flexibility index (Phi) is 4.70. The number of hydrogen-bond donors (Lipinski definition) is 0. The predicted molar refractivity (Wildman–Crippen MR) is 98.6 cm³/mol. The second kappa shape index (κ2) is 6.39. The summed E-state index contributed by atoms with van der Waals surface area (Å²) in [5.74, 6) is 0.570. The molecule has 2 aliphatic rings. The lowest BCUT2D eigenvalue weighted by atomic mass is 10.0. The highest BCUT2D eigenvalue weighted by atomic mass is 32.2. The van der Waals surface area contributed by atoms with Crippen LogP contribution in [0.2, 0.25) is 0 Å². The second-order valence-corrected chi connectivity index (χ2v) is 11.4. The number of rotatable bonds is 4. The van der Waals surface area contributed by atoms with Gasteiger partial charge in [-0.25, -0.2) is 16.8 Å². The third kappa shape index (κ3) is 3.46. The van der Waals surface area contributed by atoms with Gasteiger partial charge in [-0.3, -0.25) is 4.99 Å². The molecule has 2 heterocycles. The van der Waals surface area contributed by atoms with Gasteiger partial charge in [-0.05, 0) is 30.5 Å². The van der Waals surface area contributed by atoms with Gasteiger partial charge in [0.25, 0.3) is 0 Å². The minimum absolute atomic E-state index is 0.131. The van der Waals surface area contributed by atoms with E-state index >= 15 is 0 Å². The molecule has 138 valence electrons. The molecule has 1 aromatic carbocycles. The van der Waals surface area contributed by atoms with Gasteiger partial charge >= 0.3 is 0 Å². The smallest absolute Gasteiger partial charge is 0.184 e. The lowest BCUT2D eigenvalue weighted by molar-refractivity contribution is 0.360. The quantitative estimate of drug-likeness (QED) is 0.785. The molecule has 0 N–H and O–H groups in total. The van der Waals surface area contributed by atoms with Crippen LogP contribution >= 0.6 is 0 Å². The molecule has 0 aliphatic carbocycles. The maximum atomic E-state index is 13.1. The lowest BCUT2D eigenvalue weighted by Gasteiger charge is -2.29. The molecule has 3 rings (SSSR count). The van der Waals surface area contributed by atoms with Gasteiger partial charge in [0.15, 0.2) is 19.7 Å². The van der Waals surface area contributed by atoms with Crippen molar-refractivity contribution in [2.75, 3.05) is 24.6 Å². The van der Waals surface area contributed by atoms with Crippen LogP contribution in [-0.2, 0) is 19.7 Å². The maximum Gasteiger partial charge on any atom is 0.184 e. The van der Waals surface area contributed by atoms with Crippen LogP contribution in [0, 0.1) is 0 Å². The Balaban J connectivity index is 1.97. The third-order valence-corrected chi connectivity index (χ3v) is 9.18. The number of hydrogen-bond acceptors (Lipinski definition) is 6. The molecule has 6 nitrogen and oxygen atoms in total. The first-order valence-corrected chi connectivity index (χ1v) is 11.8. The SMILES string of the molecule is CC1=NCCN1[C@H]1CS(=O)(=O)C[C@@H]1S(=O)(=O)c1ccc(C(C)C)cc1. The minimum Gasteiger partial charge on any atom is -0.353 e. The summed E-state index contributed by atoms with van der Waals surface area (Å²) in [5.41, 5.74) is 1.05. The monoisotopic (exact) mass is 384 g/mol. The van der Waals surface area contributed by atoms with Gasteiger partial charge in [-0.2, -0.15) is 0 Å². The van der Waals surface area contributed by atoms with Crippen LogP contribution in [0.3, 0.4) is 0 Å². The topological polar surface area (TPSA) is 83.9 Å². The Bertz CT molecular complexity index is 887. The number of sulfone groups is 2. The van der Waals surface area contributed by atoms with Gasteiger partial charge in [0, 0.05) is 6.54 Å². The summed E-state index contributed by atoms with van der Waals surface area (Å²) in [5, 5.41) is -0.953. The van der Waals surface area contributed by atoms with Crippen molar-refractivity contribution in [3.63, 3.8) is 0 Å². The highest BCUT2D eigenvalue weighted by Gasteiger charge is 2.49. The summed E-state index contributed by atoms with van der Waals surface area (Å²) in [6, 6.07) is 6.23. The van der Waals surface area contributed by atoms with E-state index in [4.69, 9.17) is 0 Å². The normalized spacial score (nSPS) is 26.2. The molecule has 2 aliphatic heterocycles. The van der Waals surface area contributed by atoms with E-state index < -0.39 is 31.0 Å². The summed E-state index contributed by atoms with van der Waals surface area (Å²) in [4.78, 5) is 6.32. The first-order valence-electron chi connectivity index (χ1n) is 8.44. The fourth-order valence-corrected chi connectivity index (χ4v) is 8.35. The zero-order chi connectivity index (χ0) is 18.4. The fourth-order valence-electron chi connectivity index (χ4n) is 3.58. The number of nitrogens with zero attached hydrogens (tertiary/aromatic N) is 2. The number of benzene rings is 1. The van der Waals surface area contributed by atoms with E-state index in [1.807, 2.05) is 18.7 Å². The van der Waals surface area contributed by atoms with Gasteiger partial charge < -0.3 is 4.90 Å². The first kappa shape index (κ1) is 18.4. The molecule has 0 saturated carbocycles. The average molecular weight is 385 g/mol. The van der Waals surface area contributed by atoms with Crippen molar-refractivity contribution in [1.29, 1.82) is 0 Å². The van der Waals surface area contributed by atoms with Crippen molar-refractivity contribution in [1.82, 2.24) is 4.90 Å². The van der Waals surface area contributed by atoms with Crippen LogP contribution in [0.25, 0.3) is 0 Å². The fraction of sp³-hybridized carbons (Fsp3) is 0.588. The summed E-state index contributed by atoms with van der Waals surface area (Å²) in [6.45, 7) is 7.04. The predicted octanol–water partition coefficient (Wildman–Crippen LogP) is 1.48. The van der Waals surface area contributed by atoms with Crippen molar-refractivity contribution in [2.45, 2.75) is 42.9 Å². The Labute approximate surface area is 149 Å². The van der Waals surface area contributed by atoms with Gasteiger partial charge in [-0.15, -0.1) is 0 Å². The minimum atomic E-state index is -3.74. The van der Waals surface area contributed by atoms with Crippen molar-refractivity contribution >= 4 is 25.5 Å². The molecule has 8 heteroatoms. The molecule has 0 spiro atoms. The molecule has 0 radical (unpaired) electrons. The van der Waals surface area contributed by atoms with Crippen LogP contribution in [0.4, 0.5) is 0 Å². The maximum absolute atomic E-state index is 13.1. The lowest BCUT2D eigenvalue weighted by Crippen LogP contribution is -2.47. The highest BCUT2D eigenvalue weighted by Crippen LogP contribution is 2.30. The first-order chi connectivity index (χ1) is 11.6. The van der Waals surface area contributed by atoms with Crippen molar-refractivity contribution in [3.05, 3.63) is 29.8 Å². The largest absolute Gasteiger partial charge is 0.353 e. The van der Waals surface area contributed by atoms with E-state index in [0.717, 1.165) is 11.4 Å². The van der Waals surface area contributed by atoms with E-state index in [-0.39, 0.29) is 16.4 Å². The van der Waals surface area contributed by atoms with Crippen LogP contribution < -0.4 is 0 Å². The van der Waals surface area contributed by atoms with Crippen LogP contribution in [0.15, 0.2) is 34.2 Å². The molecule has 1 fully saturated rings. The standard InChI is InChI=1S/C17H24N2O4S2/c1-12(2)14-4-6-15(7-5-14)25(22,23)17-11-24(20,21)10-16(17)19-9-8-18-13(19)3/h4-7,12,16-17H,8-11H2,1-3H3/t16-,17-/m0/s1. The van der Waals surface area contributed by atoms with Gasteiger partial charge in [0.1, 0.15) is 5.25 Å². The van der Waals surface area contributed by atoms with Gasteiger partial charge in [0.2, 0.25) is 0 Å². The van der Waals surface area contributed by atoms with Gasteiger partial charge in [-0.1, -0.05) is 26.0 Å². The molecule has 2 atom stereocenters. The van der Waals surface area contributed by atoms with E-state index in [0.29, 0.717) is 19.0 Å². The Morgan fingerprint density at radius 3 is 2.32 bits per heavy atom. The molecule has 25 heavy (non-hydrogen) atoms. The van der Waals surface area contributed by atoms with Crippen molar-refractivity contribution in [2.24, 2.45) is 4.99 Å². The van der Waals surface area contributed by atoms with E-state index in [2.05, 4.69) is 4.99 Å². The Hall–Kier alpha value is -1.41. The van der Waals surface area contributed by atoms with Crippen molar-refractivity contribution < 1.29 is 16.8 Å². The molecule has 0 unspecified atom stereocenters. The van der Waals surface area contributed by atoms with Gasteiger partial charge in [0.05, 0.1) is 34.8 Å². The summed E-state index contributed by atoms with van der Waals surface area (Å²) >= 11 is 0. The zero-order valence-corrected chi connectivity index (χ0v) is 16.3. The molecule has 0 bridgehead atoms. The van der Waals surface area contributed by atoms with Crippen molar-refractivity contribution in [3.8, 4) is 0 Å². The van der Waals surface area contributed by atoms with E-state index in [1.165, 1.54) is 0 Å². The summed E-state index contributed by atoms with van der Waals surface area (Å²) < 4.78 is 50.7. The van der Waals surface area contributed by atoms with Crippen LogP contribution in [0.5, 0.6) is 0 Å². The Morgan fingerprint density at radius 1 is 1.16 bits per heavy atom. The van der Waals surface area contributed by atoms with E-state index in [1.54, 1.807) is 31.2 Å². The van der Waals surface area contributed by atoms with Crippen LogP contribution in [-0.4, -0.2) is 63.5 Å². The molecule has 0 amide bonds. The molecule has 1 saturated heterocycles. The molecular weight excluding hydrogens is 360 g/mol. The second-order valence-electron chi connectivity index (χ2n) is 7.07. The summed E-state index contributed by atoms with van der Waals surface area (Å²) in [6.07, 6.45) is 0. The molecule has 0 aromatic heterocycles. The zero-order valence-electron chi connectivity index (χ0n) is 14.7. The summed E-state index contributed by atoms with van der Waals surface area (Å²) in [7, 11) is -7.13. The molecular formula is C17H24N2O4S2.